The van der Waals surface area contributed by atoms with Crippen LogP contribution in [-0.4, -0.2) is 34.9 Å². The van der Waals surface area contributed by atoms with Crippen LogP contribution in [0.25, 0.3) is 0 Å². The molecule has 0 aliphatic carbocycles. The molecule has 0 atom stereocenters. The molecule has 0 amide bonds. The molecule has 32 heavy (non-hydrogen) atoms. The Labute approximate surface area is 192 Å². The molecule has 0 fully saturated rings. The first-order valence-electron chi connectivity index (χ1n) is 9.41. The van der Waals surface area contributed by atoms with Crippen molar-refractivity contribution in [3.63, 3.8) is 0 Å². The number of hydrogen-bond donors (Lipinski definition) is 3. The molecule has 0 aliphatic heterocycles. The normalized spacial score (nSPS) is 10.7. The maximum Gasteiger partial charge on any atom is 0.261 e. The first-order chi connectivity index (χ1) is 15.3. The second-order valence-corrected chi connectivity index (χ2v) is 8.60. The maximum atomic E-state index is 12.6. The second kappa shape index (κ2) is 10.2. The molecule has 0 heterocycles. The molecule has 0 unspecified atom stereocenters. The van der Waals surface area contributed by atoms with Crippen LogP contribution in [0.2, 0.25) is 0 Å². The van der Waals surface area contributed by atoms with Crippen molar-refractivity contribution in [1.29, 1.82) is 0 Å². The predicted molar refractivity (Wildman–Crippen MR) is 130 cm³/mol. The second-order valence-electron chi connectivity index (χ2n) is 6.51. The molecule has 3 N–H and O–H groups in total. The SMILES string of the molecule is COc1ccc(NS(=O)(=O)c2ccc(NC(=S)Nc3ccc(OC)c(OC)c3)cc2)cc1. The first-order valence-corrected chi connectivity index (χ1v) is 11.3. The summed E-state index contributed by atoms with van der Waals surface area (Å²) in [4.78, 5) is 0.123. The highest BCUT2D eigenvalue weighted by Crippen LogP contribution is 2.29. The fourth-order valence-electron chi connectivity index (χ4n) is 2.80. The lowest BCUT2D eigenvalue weighted by Gasteiger charge is -2.14. The average molecular weight is 474 g/mol. The van der Waals surface area contributed by atoms with Gasteiger partial charge in [0.25, 0.3) is 10.0 Å². The third kappa shape index (κ3) is 5.80. The number of methoxy groups -OCH3 is 3. The molecule has 168 valence electrons. The quantitative estimate of drug-likeness (QED) is 0.416. The minimum Gasteiger partial charge on any atom is -0.497 e. The van der Waals surface area contributed by atoms with Gasteiger partial charge in [0.05, 0.1) is 26.2 Å². The van der Waals surface area contributed by atoms with Crippen LogP contribution < -0.4 is 29.6 Å². The molecule has 0 saturated carbocycles. The summed E-state index contributed by atoms with van der Waals surface area (Å²) in [5, 5.41) is 6.40. The molecule has 0 bridgehead atoms. The number of benzene rings is 3. The lowest BCUT2D eigenvalue weighted by molar-refractivity contribution is 0.355. The Kier molecular flexibility index (Phi) is 7.39. The molecule has 3 aromatic carbocycles. The van der Waals surface area contributed by atoms with Crippen LogP contribution in [0.1, 0.15) is 0 Å². The monoisotopic (exact) mass is 473 g/mol. The smallest absolute Gasteiger partial charge is 0.261 e. The summed E-state index contributed by atoms with van der Waals surface area (Å²) in [6, 6.07) is 18.2. The Morgan fingerprint density at radius 3 is 1.88 bits per heavy atom. The third-order valence-electron chi connectivity index (χ3n) is 4.41. The number of thiocarbonyl (C=S) groups is 1. The Bertz CT molecular complexity index is 1180. The number of ether oxygens (including phenoxy) is 3. The lowest BCUT2D eigenvalue weighted by Crippen LogP contribution is -2.19. The summed E-state index contributed by atoms with van der Waals surface area (Å²) in [5.74, 6) is 1.82. The fraction of sp³-hybridized carbons (Fsp3) is 0.136. The largest absolute Gasteiger partial charge is 0.497 e. The molecular formula is C22H23N3O5S2. The van der Waals surface area contributed by atoms with Crippen LogP contribution in [0.3, 0.4) is 0 Å². The number of sulfonamides is 1. The van der Waals surface area contributed by atoms with Crippen molar-refractivity contribution in [3.8, 4) is 17.2 Å². The summed E-state index contributed by atoms with van der Waals surface area (Å²) in [6.45, 7) is 0. The van der Waals surface area contributed by atoms with Gasteiger partial charge in [0.2, 0.25) is 0 Å². The van der Waals surface area contributed by atoms with Gasteiger partial charge in [-0.1, -0.05) is 0 Å². The summed E-state index contributed by atoms with van der Waals surface area (Å²) >= 11 is 5.34. The molecule has 3 rings (SSSR count). The zero-order valence-corrected chi connectivity index (χ0v) is 19.3. The van der Waals surface area contributed by atoms with E-state index in [1.807, 2.05) is 0 Å². The molecule has 0 aromatic heterocycles. The van der Waals surface area contributed by atoms with Crippen LogP contribution >= 0.6 is 12.2 Å². The minimum atomic E-state index is -3.73. The summed E-state index contributed by atoms with van der Waals surface area (Å²) in [5.41, 5.74) is 1.78. The van der Waals surface area contributed by atoms with Gasteiger partial charge in [0.15, 0.2) is 16.6 Å². The van der Waals surface area contributed by atoms with Crippen molar-refractivity contribution in [3.05, 3.63) is 66.7 Å². The van der Waals surface area contributed by atoms with Crippen molar-refractivity contribution in [2.24, 2.45) is 0 Å². The van der Waals surface area contributed by atoms with E-state index in [1.165, 1.54) is 12.1 Å². The average Bonchev–Trinajstić information content (AvgIpc) is 2.79. The predicted octanol–water partition coefficient (Wildman–Crippen LogP) is 4.32. The maximum absolute atomic E-state index is 12.6. The molecule has 0 saturated heterocycles. The summed E-state index contributed by atoms with van der Waals surface area (Å²) in [6.07, 6.45) is 0. The van der Waals surface area contributed by atoms with Crippen molar-refractivity contribution < 1.29 is 22.6 Å². The van der Waals surface area contributed by atoms with Gasteiger partial charge < -0.3 is 24.8 Å². The Morgan fingerprint density at radius 2 is 1.28 bits per heavy atom. The van der Waals surface area contributed by atoms with E-state index in [0.29, 0.717) is 39.4 Å². The third-order valence-corrected chi connectivity index (χ3v) is 6.01. The highest BCUT2D eigenvalue weighted by atomic mass is 32.2. The van der Waals surface area contributed by atoms with E-state index < -0.39 is 10.0 Å². The van der Waals surface area contributed by atoms with Gasteiger partial charge in [-0.25, -0.2) is 8.42 Å². The number of hydrogen-bond acceptors (Lipinski definition) is 6. The van der Waals surface area contributed by atoms with Gasteiger partial charge in [-0.05, 0) is 72.9 Å². The first kappa shape index (κ1) is 23.2. The van der Waals surface area contributed by atoms with Crippen molar-refractivity contribution in [2.75, 3.05) is 36.7 Å². The highest BCUT2D eigenvalue weighted by Gasteiger charge is 2.14. The van der Waals surface area contributed by atoms with Crippen LogP contribution in [0, 0.1) is 0 Å². The number of nitrogens with one attached hydrogen (secondary N) is 3. The van der Waals surface area contributed by atoms with Crippen LogP contribution in [0.4, 0.5) is 17.1 Å². The standard InChI is InChI=1S/C22H23N3O5S2/c1-28-18-9-4-16(5-10-18)25-32(26,27)19-11-6-15(7-12-19)23-22(31)24-17-8-13-20(29-2)21(14-17)30-3/h4-14,25H,1-3H3,(H2,23,24,31). The van der Waals surface area contributed by atoms with E-state index in [2.05, 4.69) is 15.4 Å². The van der Waals surface area contributed by atoms with Gasteiger partial charge in [-0.2, -0.15) is 0 Å². The number of rotatable bonds is 8. The van der Waals surface area contributed by atoms with Crippen molar-refractivity contribution >= 4 is 44.4 Å². The molecule has 10 heteroatoms. The van der Waals surface area contributed by atoms with E-state index in [-0.39, 0.29) is 4.90 Å². The van der Waals surface area contributed by atoms with Crippen LogP contribution in [-0.2, 0) is 10.0 Å². The van der Waals surface area contributed by atoms with Gasteiger partial charge in [-0.3, -0.25) is 4.72 Å². The topological polar surface area (TPSA) is 97.9 Å². The van der Waals surface area contributed by atoms with Gasteiger partial charge in [0.1, 0.15) is 5.75 Å². The van der Waals surface area contributed by atoms with E-state index in [0.717, 1.165) is 0 Å². The van der Waals surface area contributed by atoms with Gasteiger partial charge >= 0.3 is 0 Å². The molecule has 0 radical (unpaired) electrons. The molecule has 0 aliphatic rings. The van der Waals surface area contributed by atoms with E-state index in [1.54, 1.807) is 75.9 Å². The Balaban J connectivity index is 1.64. The van der Waals surface area contributed by atoms with E-state index in [4.69, 9.17) is 26.4 Å². The summed E-state index contributed by atoms with van der Waals surface area (Å²) < 4.78 is 43.3. The minimum absolute atomic E-state index is 0.123. The lowest BCUT2D eigenvalue weighted by atomic mass is 10.2. The Morgan fingerprint density at radius 1 is 0.719 bits per heavy atom. The van der Waals surface area contributed by atoms with Crippen LogP contribution in [0.5, 0.6) is 17.2 Å². The Hall–Kier alpha value is -3.50. The van der Waals surface area contributed by atoms with E-state index in [9.17, 15) is 8.42 Å². The fourth-order valence-corrected chi connectivity index (χ4v) is 4.09. The van der Waals surface area contributed by atoms with Crippen molar-refractivity contribution in [2.45, 2.75) is 4.90 Å². The number of anilines is 3. The summed E-state index contributed by atoms with van der Waals surface area (Å²) in [7, 11) is 0.928. The molecule has 0 spiro atoms. The molecular weight excluding hydrogens is 450 g/mol. The highest BCUT2D eigenvalue weighted by molar-refractivity contribution is 7.92. The molecule has 3 aromatic rings. The molecule has 8 nitrogen and oxygen atoms in total. The van der Waals surface area contributed by atoms with Crippen LogP contribution in [0.15, 0.2) is 71.6 Å². The van der Waals surface area contributed by atoms with E-state index >= 15 is 0 Å². The zero-order valence-electron chi connectivity index (χ0n) is 17.7. The van der Waals surface area contributed by atoms with Gasteiger partial charge in [-0.15, -0.1) is 0 Å². The zero-order chi connectivity index (χ0) is 23.1. The van der Waals surface area contributed by atoms with Crippen molar-refractivity contribution in [1.82, 2.24) is 0 Å². The van der Waals surface area contributed by atoms with Gasteiger partial charge in [0, 0.05) is 23.1 Å².